The second-order valence-corrected chi connectivity index (χ2v) is 5.17. The minimum Gasteiger partial charge on any atom is -0.452 e. The summed E-state index contributed by atoms with van der Waals surface area (Å²) in [7, 11) is 0. The van der Waals surface area contributed by atoms with E-state index in [1.165, 1.54) is 19.1 Å². The van der Waals surface area contributed by atoms with E-state index in [4.69, 9.17) is 4.74 Å². The number of imide groups is 1. The molecule has 9 nitrogen and oxygen atoms in total. The fraction of sp³-hybridized carbons (Fsp3) is 0.400. The van der Waals surface area contributed by atoms with Gasteiger partial charge in [-0.2, -0.15) is 0 Å². The average Bonchev–Trinajstić information content (AvgIpc) is 2.52. The molecule has 0 saturated heterocycles. The first kappa shape index (κ1) is 19.1. The van der Waals surface area contributed by atoms with Crippen LogP contribution in [0.25, 0.3) is 0 Å². The molecule has 1 atom stereocenters. The summed E-state index contributed by atoms with van der Waals surface area (Å²) in [5.74, 6) is -1.69. The summed E-state index contributed by atoms with van der Waals surface area (Å²) in [4.78, 5) is 45.0. The number of nitrogens with zero attached hydrogens (tertiary/aromatic N) is 1. The average molecular weight is 337 g/mol. The second-order valence-electron chi connectivity index (χ2n) is 5.17. The summed E-state index contributed by atoms with van der Waals surface area (Å²) in [6.07, 6.45) is 0.697. The highest BCUT2D eigenvalue weighted by Crippen LogP contribution is 2.19. The van der Waals surface area contributed by atoms with E-state index in [0.717, 1.165) is 6.07 Å². The van der Waals surface area contributed by atoms with Crippen molar-refractivity contribution in [1.29, 1.82) is 0 Å². The highest BCUT2D eigenvalue weighted by molar-refractivity contribution is 5.97. The summed E-state index contributed by atoms with van der Waals surface area (Å²) in [5.41, 5.74) is 0.127. The minimum atomic E-state index is -0.893. The standard InChI is InChI=1S/C15H19N3O6/c1-4-10(3)16-15(21)17-13(19)8-24-14(20)11-6-5-9(2)12(7-11)18(22)23/h5-7,10H,4,8H2,1-3H3,(H2,16,17,19,21)/t10-/m0/s1. The fourth-order valence-electron chi connectivity index (χ4n) is 1.67. The van der Waals surface area contributed by atoms with Crippen molar-refractivity contribution in [2.75, 3.05) is 6.61 Å². The Morgan fingerprint density at radius 3 is 2.58 bits per heavy atom. The van der Waals surface area contributed by atoms with Crippen molar-refractivity contribution in [2.24, 2.45) is 0 Å². The van der Waals surface area contributed by atoms with Crippen molar-refractivity contribution in [3.8, 4) is 0 Å². The molecule has 0 aromatic heterocycles. The molecule has 0 unspecified atom stereocenters. The number of carbonyl (C=O) groups is 3. The van der Waals surface area contributed by atoms with E-state index in [0.29, 0.717) is 12.0 Å². The van der Waals surface area contributed by atoms with Gasteiger partial charge in [0.2, 0.25) is 0 Å². The van der Waals surface area contributed by atoms with Gasteiger partial charge >= 0.3 is 12.0 Å². The van der Waals surface area contributed by atoms with Crippen LogP contribution < -0.4 is 10.6 Å². The van der Waals surface area contributed by atoms with Gasteiger partial charge in [0.1, 0.15) is 0 Å². The van der Waals surface area contributed by atoms with Crippen molar-refractivity contribution in [1.82, 2.24) is 10.6 Å². The Hall–Kier alpha value is -2.97. The van der Waals surface area contributed by atoms with Crippen LogP contribution in [0.3, 0.4) is 0 Å². The molecule has 1 aromatic rings. The normalized spacial score (nSPS) is 11.3. The van der Waals surface area contributed by atoms with Crippen molar-refractivity contribution in [3.63, 3.8) is 0 Å². The molecule has 0 fully saturated rings. The summed E-state index contributed by atoms with van der Waals surface area (Å²) in [6.45, 7) is 4.51. The summed E-state index contributed by atoms with van der Waals surface area (Å²) in [6, 6.07) is 3.06. The first-order chi connectivity index (χ1) is 11.2. The number of nitrogens with one attached hydrogen (secondary N) is 2. The van der Waals surface area contributed by atoms with E-state index in [2.05, 4.69) is 5.32 Å². The van der Waals surface area contributed by atoms with Crippen molar-refractivity contribution in [3.05, 3.63) is 39.4 Å². The Morgan fingerprint density at radius 1 is 1.33 bits per heavy atom. The van der Waals surface area contributed by atoms with Crippen LogP contribution in [0.1, 0.15) is 36.2 Å². The van der Waals surface area contributed by atoms with Crippen LogP contribution in [0, 0.1) is 17.0 Å². The highest BCUT2D eigenvalue weighted by atomic mass is 16.6. The molecular weight excluding hydrogens is 318 g/mol. The van der Waals surface area contributed by atoms with Crippen LogP contribution in [0.4, 0.5) is 10.5 Å². The number of amides is 3. The van der Waals surface area contributed by atoms with Gasteiger partial charge in [0.05, 0.1) is 10.5 Å². The van der Waals surface area contributed by atoms with Gasteiger partial charge in [-0.05, 0) is 26.3 Å². The third kappa shape index (κ3) is 5.67. The number of hydrogen-bond donors (Lipinski definition) is 2. The minimum absolute atomic E-state index is 0.0517. The van der Waals surface area contributed by atoms with Crippen molar-refractivity contribution in [2.45, 2.75) is 33.2 Å². The molecule has 0 aliphatic rings. The van der Waals surface area contributed by atoms with Gasteiger partial charge < -0.3 is 10.1 Å². The zero-order valence-electron chi connectivity index (χ0n) is 13.6. The van der Waals surface area contributed by atoms with E-state index in [1.54, 1.807) is 6.92 Å². The molecule has 0 heterocycles. The quantitative estimate of drug-likeness (QED) is 0.462. The Kier molecular flexibility index (Phi) is 6.84. The lowest BCUT2D eigenvalue weighted by Gasteiger charge is -2.11. The molecule has 0 bridgehead atoms. The Bertz CT molecular complexity index is 659. The molecule has 2 N–H and O–H groups in total. The molecule has 130 valence electrons. The van der Waals surface area contributed by atoms with E-state index < -0.39 is 29.4 Å². The van der Waals surface area contributed by atoms with Crippen molar-refractivity contribution < 1.29 is 24.0 Å². The van der Waals surface area contributed by atoms with Gasteiger partial charge in [-0.1, -0.05) is 13.0 Å². The maximum absolute atomic E-state index is 11.8. The van der Waals surface area contributed by atoms with Crippen LogP contribution in [0.5, 0.6) is 0 Å². The summed E-state index contributed by atoms with van der Waals surface area (Å²) < 4.78 is 4.74. The van der Waals surface area contributed by atoms with Crippen molar-refractivity contribution >= 4 is 23.6 Å². The predicted molar refractivity (Wildman–Crippen MR) is 84.5 cm³/mol. The Balaban J connectivity index is 2.57. The molecule has 0 aliphatic carbocycles. The van der Waals surface area contributed by atoms with E-state index >= 15 is 0 Å². The number of carbonyl (C=O) groups excluding carboxylic acids is 3. The number of rotatable bonds is 6. The van der Waals surface area contributed by atoms with E-state index in [1.807, 2.05) is 12.2 Å². The zero-order valence-corrected chi connectivity index (χ0v) is 13.6. The maximum Gasteiger partial charge on any atom is 0.338 e. The molecule has 9 heteroatoms. The second kappa shape index (κ2) is 8.61. The zero-order chi connectivity index (χ0) is 18.3. The first-order valence-electron chi connectivity index (χ1n) is 7.27. The van der Waals surface area contributed by atoms with Crippen LogP contribution in [0.2, 0.25) is 0 Å². The number of nitro benzene ring substituents is 1. The van der Waals surface area contributed by atoms with Gasteiger partial charge in [0.25, 0.3) is 11.6 Å². The van der Waals surface area contributed by atoms with Crippen LogP contribution in [-0.4, -0.2) is 35.5 Å². The molecular formula is C15H19N3O6. The molecule has 0 spiro atoms. The Labute approximate surface area is 138 Å². The number of urea groups is 1. The molecule has 0 aliphatic heterocycles. The van der Waals surface area contributed by atoms with E-state index in [-0.39, 0.29) is 17.3 Å². The molecule has 24 heavy (non-hydrogen) atoms. The topological polar surface area (TPSA) is 128 Å². The third-order valence-corrected chi connectivity index (χ3v) is 3.22. The van der Waals surface area contributed by atoms with Gasteiger partial charge in [0.15, 0.2) is 6.61 Å². The SMILES string of the molecule is CC[C@H](C)NC(=O)NC(=O)COC(=O)c1ccc(C)c([N+](=O)[O-])c1. The highest BCUT2D eigenvalue weighted by Gasteiger charge is 2.17. The lowest BCUT2D eigenvalue weighted by molar-refractivity contribution is -0.385. The first-order valence-corrected chi connectivity index (χ1v) is 7.27. The monoisotopic (exact) mass is 337 g/mol. The van der Waals surface area contributed by atoms with E-state index in [9.17, 15) is 24.5 Å². The lowest BCUT2D eigenvalue weighted by atomic mass is 10.1. The van der Waals surface area contributed by atoms with Crippen LogP contribution >= 0.6 is 0 Å². The molecule has 0 saturated carbocycles. The van der Waals surface area contributed by atoms with Gasteiger partial charge in [-0.15, -0.1) is 0 Å². The molecule has 0 radical (unpaired) electrons. The van der Waals surface area contributed by atoms with Gasteiger partial charge in [-0.25, -0.2) is 9.59 Å². The molecule has 1 aromatic carbocycles. The fourth-order valence-corrected chi connectivity index (χ4v) is 1.67. The third-order valence-electron chi connectivity index (χ3n) is 3.22. The van der Waals surface area contributed by atoms with Gasteiger partial charge in [0, 0.05) is 17.7 Å². The number of hydrogen-bond acceptors (Lipinski definition) is 6. The molecule has 1 rings (SSSR count). The lowest BCUT2D eigenvalue weighted by Crippen LogP contribution is -2.44. The number of benzene rings is 1. The van der Waals surface area contributed by atoms with Crippen LogP contribution in [-0.2, 0) is 9.53 Å². The number of nitro groups is 1. The number of esters is 1. The number of ether oxygens (including phenoxy) is 1. The molecule has 3 amide bonds. The van der Waals surface area contributed by atoms with Crippen LogP contribution in [0.15, 0.2) is 18.2 Å². The Morgan fingerprint density at radius 2 is 2.00 bits per heavy atom. The smallest absolute Gasteiger partial charge is 0.338 e. The maximum atomic E-state index is 11.8. The summed E-state index contributed by atoms with van der Waals surface area (Å²) >= 11 is 0. The largest absolute Gasteiger partial charge is 0.452 e. The van der Waals surface area contributed by atoms with Gasteiger partial charge in [-0.3, -0.25) is 20.2 Å². The summed E-state index contributed by atoms with van der Waals surface area (Å²) in [5, 5.41) is 15.4. The predicted octanol–water partition coefficient (Wildman–Crippen LogP) is 1.68. The number of aryl methyl sites for hydroxylation is 1.